The van der Waals surface area contributed by atoms with E-state index in [-0.39, 0.29) is 78.3 Å². The fourth-order valence-electron chi connectivity index (χ4n) is 7.27. The van der Waals surface area contributed by atoms with Gasteiger partial charge in [0.2, 0.25) is 0 Å². The van der Waals surface area contributed by atoms with Gasteiger partial charge in [0.05, 0.1) is 61.0 Å². The summed E-state index contributed by atoms with van der Waals surface area (Å²) in [6.07, 6.45) is 7.78. The van der Waals surface area contributed by atoms with E-state index in [0.717, 1.165) is 25.7 Å². The molecule has 39 heavy (non-hydrogen) atoms. The molecule has 0 N–H and O–H groups in total. The van der Waals surface area contributed by atoms with Crippen LogP contribution in [0.1, 0.15) is 78.6 Å². The van der Waals surface area contributed by atoms with Gasteiger partial charge in [0.15, 0.2) is 0 Å². The van der Waals surface area contributed by atoms with Crippen molar-refractivity contribution in [1.29, 1.82) is 0 Å². The number of carbonyl (C=O) groups excluding carboxylic acids is 3. The molecule has 0 spiro atoms. The predicted octanol–water partition coefficient (Wildman–Crippen LogP) is 3.60. The Morgan fingerprint density at radius 1 is 0.615 bits per heavy atom. The van der Waals surface area contributed by atoms with E-state index < -0.39 is 6.10 Å². The summed E-state index contributed by atoms with van der Waals surface area (Å²) in [5, 5.41) is 0. The molecule has 218 valence electrons. The third kappa shape index (κ3) is 6.46. The lowest BCUT2D eigenvalue weighted by molar-refractivity contribution is -0.167. The zero-order valence-electron chi connectivity index (χ0n) is 23.5. The summed E-state index contributed by atoms with van der Waals surface area (Å²) in [7, 11) is 0. The van der Waals surface area contributed by atoms with Gasteiger partial charge in [-0.15, -0.1) is 0 Å². The number of epoxide rings is 3. The summed E-state index contributed by atoms with van der Waals surface area (Å²) in [5.41, 5.74) is 0. The first-order valence-electron chi connectivity index (χ1n) is 15.3. The molecule has 0 aromatic carbocycles. The molecule has 0 aromatic heterocycles. The number of carbonyl (C=O) groups is 3. The average Bonchev–Trinajstić information content (AvgIpc) is 3.79. The SMILES string of the molecule is CC1CC2OC2CC1C(=O)OCCCCC(COC(=O)C1CC2OC2CC1C)OC(=O)C1CC2OC2CC1C. The van der Waals surface area contributed by atoms with Crippen molar-refractivity contribution < 1.29 is 42.8 Å². The second-order valence-electron chi connectivity index (χ2n) is 13.2. The van der Waals surface area contributed by atoms with Crippen LogP contribution in [-0.4, -0.2) is 73.8 Å². The predicted molar refractivity (Wildman–Crippen MR) is 137 cm³/mol. The molecule has 3 heterocycles. The van der Waals surface area contributed by atoms with E-state index >= 15 is 0 Å². The number of fused-ring (bicyclic) bond motifs is 3. The lowest BCUT2D eigenvalue weighted by Gasteiger charge is -2.28. The minimum absolute atomic E-state index is 0.0499. The van der Waals surface area contributed by atoms with Crippen molar-refractivity contribution in [3.8, 4) is 0 Å². The summed E-state index contributed by atoms with van der Waals surface area (Å²) in [5.74, 6) is -0.342. The highest BCUT2D eigenvalue weighted by Gasteiger charge is 2.51. The molecule has 6 rings (SSSR count). The van der Waals surface area contributed by atoms with E-state index in [4.69, 9.17) is 28.4 Å². The quantitative estimate of drug-likeness (QED) is 0.165. The normalized spacial score (nSPS) is 44.1. The molecule has 0 aromatic rings. The molecule has 0 bridgehead atoms. The van der Waals surface area contributed by atoms with Gasteiger partial charge in [0.25, 0.3) is 0 Å². The first-order chi connectivity index (χ1) is 18.8. The van der Waals surface area contributed by atoms with Gasteiger partial charge >= 0.3 is 17.9 Å². The standard InChI is InChI=1S/C30H44O9/c1-15-8-22-25(37-22)11-19(15)28(31)34-7-5-4-6-18(36-30(33)21-13-27-24(39-27)10-17(21)3)14-35-29(32)20-12-26-23(38-26)9-16(20)2/h15-27H,4-14H2,1-3H3. The zero-order chi connectivity index (χ0) is 27.3. The third-order valence-electron chi connectivity index (χ3n) is 10.2. The Labute approximate surface area is 230 Å². The molecule has 13 unspecified atom stereocenters. The van der Waals surface area contributed by atoms with Crippen molar-refractivity contribution in [2.75, 3.05) is 13.2 Å². The fraction of sp³-hybridized carbons (Fsp3) is 0.900. The molecule has 6 aliphatic rings. The van der Waals surface area contributed by atoms with Crippen LogP contribution in [0, 0.1) is 35.5 Å². The smallest absolute Gasteiger partial charge is 0.309 e. The van der Waals surface area contributed by atoms with E-state index in [1.807, 2.05) is 0 Å². The van der Waals surface area contributed by atoms with Crippen molar-refractivity contribution >= 4 is 17.9 Å². The lowest BCUT2D eigenvalue weighted by atomic mass is 9.80. The molecule has 9 nitrogen and oxygen atoms in total. The second-order valence-corrected chi connectivity index (χ2v) is 13.2. The van der Waals surface area contributed by atoms with E-state index in [2.05, 4.69) is 20.8 Å². The lowest BCUT2D eigenvalue weighted by Crippen LogP contribution is -2.36. The number of esters is 3. The van der Waals surface area contributed by atoms with E-state index in [1.54, 1.807) is 0 Å². The van der Waals surface area contributed by atoms with Gasteiger partial charge in [-0.05, 0) is 75.5 Å². The minimum atomic E-state index is -0.520. The molecule has 3 aliphatic carbocycles. The van der Waals surface area contributed by atoms with Gasteiger partial charge in [-0.3, -0.25) is 14.4 Å². The molecular formula is C30H44O9. The zero-order valence-corrected chi connectivity index (χ0v) is 23.5. The Morgan fingerprint density at radius 3 is 1.56 bits per heavy atom. The maximum atomic E-state index is 13.1. The fourth-order valence-corrected chi connectivity index (χ4v) is 7.27. The molecule has 9 heteroatoms. The Morgan fingerprint density at radius 2 is 1.05 bits per heavy atom. The van der Waals surface area contributed by atoms with Gasteiger partial charge in [-0.2, -0.15) is 0 Å². The van der Waals surface area contributed by atoms with E-state index in [0.29, 0.717) is 57.0 Å². The summed E-state index contributed by atoms with van der Waals surface area (Å²) < 4.78 is 34.1. The molecule has 3 saturated heterocycles. The van der Waals surface area contributed by atoms with Gasteiger partial charge < -0.3 is 28.4 Å². The highest BCUT2D eigenvalue weighted by atomic mass is 16.6. The number of hydrogen-bond donors (Lipinski definition) is 0. The first-order valence-corrected chi connectivity index (χ1v) is 15.3. The average molecular weight is 549 g/mol. The van der Waals surface area contributed by atoms with Crippen LogP contribution < -0.4 is 0 Å². The second kappa shape index (κ2) is 11.3. The molecular weight excluding hydrogens is 504 g/mol. The number of rotatable bonds is 11. The van der Waals surface area contributed by atoms with Crippen molar-refractivity contribution in [2.45, 2.75) is 121 Å². The maximum Gasteiger partial charge on any atom is 0.309 e. The molecule has 13 atom stereocenters. The van der Waals surface area contributed by atoms with E-state index in [1.165, 1.54) is 0 Å². The first kappa shape index (κ1) is 27.5. The Balaban J connectivity index is 0.970. The largest absolute Gasteiger partial charge is 0.465 e. The van der Waals surface area contributed by atoms with Crippen LogP contribution in [0.15, 0.2) is 0 Å². The van der Waals surface area contributed by atoms with Crippen molar-refractivity contribution in [3.05, 3.63) is 0 Å². The van der Waals surface area contributed by atoms with Crippen LogP contribution in [0.2, 0.25) is 0 Å². The van der Waals surface area contributed by atoms with Crippen LogP contribution >= 0.6 is 0 Å². The minimum Gasteiger partial charge on any atom is -0.465 e. The molecule has 0 radical (unpaired) electrons. The Hall–Kier alpha value is -1.71. The van der Waals surface area contributed by atoms with Crippen LogP contribution in [0.5, 0.6) is 0 Å². The number of hydrogen-bond acceptors (Lipinski definition) is 9. The Kier molecular flexibility index (Phi) is 7.94. The number of ether oxygens (including phenoxy) is 6. The summed E-state index contributed by atoms with van der Waals surface area (Å²) >= 11 is 0. The number of unbranched alkanes of at least 4 members (excludes halogenated alkanes) is 1. The van der Waals surface area contributed by atoms with Crippen LogP contribution in [0.3, 0.4) is 0 Å². The Bertz CT molecular complexity index is 937. The summed E-state index contributed by atoms with van der Waals surface area (Å²) in [6.45, 7) is 6.63. The third-order valence-corrected chi connectivity index (χ3v) is 10.2. The monoisotopic (exact) mass is 548 g/mol. The van der Waals surface area contributed by atoms with E-state index in [9.17, 15) is 14.4 Å². The molecule has 3 aliphatic heterocycles. The maximum absolute atomic E-state index is 13.1. The molecule has 6 fully saturated rings. The van der Waals surface area contributed by atoms with Gasteiger partial charge in [0.1, 0.15) is 12.7 Å². The highest BCUT2D eigenvalue weighted by molar-refractivity contribution is 5.74. The van der Waals surface area contributed by atoms with Crippen LogP contribution in [0.4, 0.5) is 0 Å². The van der Waals surface area contributed by atoms with Gasteiger partial charge in [-0.1, -0.05) is 20.8 Å². The highest BCUT2D eigenvalue weighted by Crippen LogP contribution is 2.45. The van der Waals surface area contributed by atoms with Crippen LogP contribution in [-0.2, 0) is 42.8 Å². The summed E-state index contributed by atoms with van der Waals surface area (Å²) in [4.78, 5) is 38.7. The van der Waals surface area contributed by atoms with Gasteiger partial charge in [-0.25, -0.2) is 0 Å². The topological polar surface area (TPSA) is 116 Å². The molecule has 3 saturated carbocycles. The van der Waals surface area contributed by atoms with Crippen molar-refractivity contribution in [3.63, 3.8) is 0 Å². The van der Waals surface area contributed by atoms with Gasteiger partial charge in [0, 0.05) is 0 Å². The molecule has 0 amide bonds. The van der Waals surface area contributed by atoms with Crippen molar-refractivity contribution in [2.24, 2.45) is 35.5 Å². The van der Waals surface area contributed by atoms with Crippen LogP contribution in [0.25, 0.3) is 0 Å². The summed E-state index contributed by atoms with van der Waals surface area (Å²) in [6, 6.07) is 0. The van der Waals surface area contributed by atoms with Crippen molar-refractivity contribution in [1.82, 2.24) is 0 Å².